The molecule has 0 saturated heterocycles. The van der Waals surface area contributed by atoms with Gasteiger partial charge in [0.25, 0.3) is 0 Å². The molecule has 0 fully saturated rings. The zero-order chi connectivity index (χ0) is 13.1. The molecule has 4 heteroatoms. The molecule has 0 saturated carbocycles. The van der Waals surface area contributed by atoms with Crippen molar-refractivity contribution in [1.82, 2.24) is 0 Å². The van der Waals surface area contributed by atoms with Crippen LogP contribution in [0.15, 0.2) is 18.2 Å². The molecule has 0 aliphatic rings. The van der Waals surface area contributed by atoms with Crippen LogP contribution < -0.4 is 11.1 Å². The monoisotopic (exact) mass is 254 g/mol. The minimum atomic E-state index is -0.316. The molecule has 0 aliphatic carbocycles. The van der Waals surface area contributed by atoms with Crippen LogP contribution in [0.3, 0.4) is 0 Å². The molecule has 0 unspecified atom stereocenters. The molecule has 2 nitrogen and oxygen atoms in total. The molecule has 1 aromatic rings. The topological polar surface area (TPSA) is 38.0 Å². The summed E-state index contributed by atoms with van der Waals surface area (Å²) in [7, 11) is 0. The predicted octanol–water partition coefficient (Wildman–Crippen LogP) is 3.45. The largest absolute Gasteiger partial charge is 0.389 e. The van der Waals surface area contributed by atoms with Crippen LogP contribution in [-0.2, 0) is 0 Å². The Bertz CT molecular complexity index is 414. The summed E-state index contributed by atoms with van der Waals surface area (Å²) in [5.74, 6) is -0.316. The van der Waals surface area contributed by atoms with Gasteiger partial charge >= 0.3 is 0 Å². The molecule has 0 amide bonds. The smallest absolute Gasteiger partial charge is 0.146 e. The van der Waals surface area contributed by atoms with Gasteiger partial charge in [-0.2, -0.15) is 0 Å². The number of anilines is 1. The molecular formula is C13H19FN2S. The molecular weight excluding hydrogens is 235 g/mol. The SMILES string of the molecule is CCC(C)(CC)Nc1ccc(C(N)=S)cc1F. The number of benzene rings is 1. The van der Waals surface area contributed by atoms with Gasteiger partial charge in [-0.15, -0.1) is 0 Å². The van der Waals surface area contributed by atoms with Crippen molar-refractivity contribution in [2.75, 3.05) is 5.32 Å². The molecule has 1 rings (SSSR count). The number of rotatable bonds is 5. The van der Waals surface area contributed by atoms with Crippen LogP contribution in [0.1, 0.15) is 39.2 Å². The molecule has 94 valence electrons. The van der Waals surface area contributed by atoms with Gasteiger partial charge in [-0.25, -0.2) is 4.39 Å². The Labute approximate surface area is 107 Å². The maximum absolute atomic E-state index is 13.8. The number of thiocarbonyl (C=S) groups is 1. The van der Waals surface area contributed by atoms with Gasteiger partial charge in [0.2, 0.25) is 0 Å². The molecule has 0 radical (unpaired) electrons. The number of nitrogens with two attached hydrogens (primary N) is 1. The summed E-state index contributed by atoms with van der Waals surface area (Å²) in [5, 5.41) is 3.23. The van der Waals surface area contributed by atoms with E-state index in [0.29, 0.717) is 11.3 Å². The van der Waals surface area contributed by atoms with E-state index in [1.165, 1.54) is 6.07 Å². The Balaban J connectivity index is 2.97. The average Bonchev–Trinajstić information content (AvgIpc) is 2.31. The van der Waals surface area contributed by atoms with Gasteiger partial charge in [0.1, 0.15) is 10.8 Å². The minimum Gasteiger partial charge on any atom is -0.389 e. The third kappa shape index (κ3) is 3.40. The zero-order valence-corrected chi connectivity index (χ0v) is 11.3. The summed E-state index contributed by atoms with van der Waals surface area (Å²) in [4.78, 5) is 0.212. The normalized spacial score (nSPS) is 11.3. The van der Waals surface area contributed by atoms with E-state index in [1.807, 2.05) is 0 Å². The molecule has 0 aromatic heterocycles. The van der Waals surface area contributed by atoms with Crippen LogP contribution in [0.25, 0.3) is 0 Å². The first kappa shape index (κ1) is 13.9. The quantitative estimate of drug-likeness (QED) is 0.790. The van der Waals surface area contributed by atoms with E-state index >= 15 is 0 Å². The Kier molecular flexibility index (Phi) is 4.46. The maximum atomic E-state index is 13.8. The Morgan fingerprint density at radius 2 is 2.00 bits per heavy atom. The molecule has 0 aliphatic heterocycles. The van der Waals surface area contributed by atoms with Crippen LogP contribution in [0.2, 0.25) is 0 Å². The maximum Gasteiger partial charge on any atom is 0.146 e. The van der Waals surface area contributed by atoms with Crippen molar-refractivity contribution >= 4 is 22.9 Å². The highest BCUT2D eigenvalue weighted by atomic mass is 32.1. The second-order valence-corrected chi connectivity index (χ2v) is 4.89. The average molecular weight is 254 g/mol. The molecule has 0 heterocycles. The van der Waals surface area contributed by atoms with E-state index in [4.69, 9.17) is 18.0 Å². The second kappa shape index (κ2) is 5.45. The van der Waals surface area contributed by atoms with Crippen molar-refractivity contribution in [3.63, 3.8) is 0 Å². The first-order valence-electron chi connectivity index (χ1n) is 5.79. The highest BCUT2D eigenvalue weighted by molar-refractivity contribution is 7.80. The standard InChI is InChI=1S/C13H19FN2S/c1-4-13(3,5-2)16-11-7-6-9(12(15)17)8-10(11)14/h6-8,16H,4-5H2,1-3H3,(H2,15,17). The van der Waals surface area contributed by atoms with Crippen LogP contribution >= 0.6 is 12.2 Å². The summed E-state index contributed by atoms with van der Waals surface area (Å²) in [6.45, 7) is 6.24. The lowest BCUT2D eigenvalue weighted by Crippen LogP contribution is -2.33. The van der Waals surface area contributed by atoms with E-state index < -0.39 is 0 Å². The Morgan fingerprint density at radius 1 is 1.41 bits per heavy atom. The van der Waals surface area contributed by atoms with Crippen molar-refractivity contribution in [1.29, 1.82) is 0 Å². The fraction of sp³-hybridized carbons (Fsp3) is 0.462. The van der Waals surface area contributed by atoms with Gasteiger partial charge in [-0.1, -0.05) is 26.1 Å². The highest BCUT2D eigenvalue weighted by Crippen LogP contribution is 2.24. The minimum absolute atomic E-state index is 0.0917. The van der Waals surface area contributed by atoms with Gasteiger partial charge in [-0.05, 0) is 38.0 Å². The lowest BCUT2D eigenvalue weighted by molar-refractivity contribution is 0.474. The molecule has 0 spiro atoms. The summed E-state index contributed by atoms with van der Waals surface area (Å²) in [6, 6.07) is 4.79. The second-order valence-electron chi connectivity index (χ2n) is 4.45. The fourth-order valence-electron chi connectivity index (χ4n) is 1.52. The molecule has 1 aromatic carbocycles. The lowest BCUT2D eigenvalue weighted by Gasteiger charge is -2.29. The first-order chi connectivity index (χ1) is 7.91. The number of halogens is 1. The number of nitrogens with one attached hydrogen (secondary N) is 1. The molecule has 17 heavy (non-hydrogen) atoms. The summed E-state index contributed by atoms with van der Waals surface area (Å²) in [5.41, 5.74) is 6.41. The van der Waals surface area contributed by atoms with Crippen LogP contribution in [0.5, 0.6) is 0 Å². The Morgan fingerprint density at radius 3 is 2.41 bits per heavy atom. The van der Waals surface area contributed by atoms with E-state index in [9.17, 15) is 4.39 Å². The van der Waals surface area contributed by atoms with Crippen LogP contribution in [-0.4, -0.2) is 10.5 Å². The molecule has 0 atom stereocenters. The van der Waals surface area contributed by atoms with Crippen molar-refractivity contribution in [3.8, 4) is 0 Å². The zero-order valence-electron chi connectivity index (χ0n) is 10.5. The van der Waals surface area contributed by atoms with Gasteiger partial charge in [0.15, 0.2) is 0 Å². The van der Waals surface area contributed by atoms with E-state index in [0.717, 1.165) is 12.8 Å². The van der Waals surface area contributed by atoms with Gasteiger partial charge < -0.3 is 11.1 Å². The summed E-state index contributed by atoms with van der Waals surface area (Å²) in [6.07, 6.45) is 1.86. The lowest BCUT2D eigenvalue weighted by atomic mass is 9.95. The first-order valence-corrected chi connectivity index (χ1v) is 6.20. The van der Waals surface area contributed by atoms with Crippen molar-refractivity contribution in [2.24, 2.45) is 5.73 Å². The highest BCUT2D eigenvalue weighted by Gasteiger charge is 2.20. The van der Waals surface area contributed by atoms with Gasteiger partial charge in [0, 0.05) is 11.1 Å². The van der Waals surface area contributed by atoms with Crippen molar-refractivity contribution in [2.45, 2.75) is 39.2 Å². The van der Waals surface area contributed by atoms with Crippen molar-refractivity contribution < 1.29 is 4.39 Å². The summed E-state index contributed by atoms with van der Waals surface area (Å²) >= 11 is 4.81. The predicted molar refractivity (Wildman–Crippen MR) is 74.9 cm³/mol. The van der Waals surface area contributed by atoms with E-state index in [1.54, 1.807) is 12.1 Å². The van der Waals surface area contributed by atoms with Gasteiger partial charge in [-0.3, -0.25) is 0 Å². The third-order valence-corrected chi connectivity index (χ3v) is 3.49. The third-order valence-electron chi connectivity index (χ3n) is 3.25. The number of hydrogen-bond donors (Lipinski definition) is 2. The van der Waals surface area contributed by atoms with Crippen LogP contribution in [0.4, 0.5) is 10.1 Å². The van der Waals surface area contributed by atoms with Crippen molar-refractivity contribution in [3.05, 3.63) is 29.6 Å². The van der Waals surface area contributed by atoms with Crippen LogP contribution in [0, 0.1) is 5.82 Å². The van der Waals surface area contributed by atoms with E-state index in [2.05, 4.69) is 26.1 Å². The molecule has 0 bridgehead atoms. The van der Waals surface area contributed by atoms with E-state index in [-0.39, 0.29) is 16.3 Å². The van der Waals surface area contributed by atoms with Gasteiger partial charge in [0.05, 0.1) is 5.69 Å². The number of hydrogen-bond acceptors (Lipinski definition) is 2. The fourth-order valence-corrected chi connectivity index (χ4v) is 1.65. The molecule has 3 N–H and O–H groups in total. The summed E-state index contributed by atoms with van der Waals surface area (Å²) < 4.78 is 13.8. The Hall–Kier alpha value is -1.16.